The first-order valence-electron chi connectivity index (χ1n) is 6.52. The number of amides is 2. The summed E-state index contributed by atoms with van der Waals surface area (Å²) >= 11 is 0. The summed E-state index contributed by atoms with van der Waals surface area (Å²) in [5.41, 5.74) is 0. The average Bonchev–Trinajstić information content (AvgIpc) is 2.52. The smallest absolute Gasteiger partial charge is 0.237 e. The van der Waals surface area contributed by atoms with Gasteiger partial charge in [-0.25, -0.2) is 0 Å². The second-order valence-corrected chi connectivity index (χ2v) is 4.42. The molecule has 2 amide bonds. The lowest BCUT2D eigenvalue weighted by Gasteiger charge is -2.15. The van der Waals surface area contributed by atoms with Gasteiger partial charge >= 0.3 is 0 Å². The summed E-state index contributed by atoms with van der Waals surface area (Å²) < 4.78 is 0. The van der Waals surface area contributed by atoms with Gasteiger partial charge < -0.3 is 10.6 Å². The van der Waals surface area contributed by atoms with Crippen molar-refractivity contribution < 1.29 is 9.59 Å². The molecule has 0 saturated carbocycles. The molecule has 1 heterocycles. The fourth-order valence-corrected chi connectivity index (χ4v) is 1.83. The van der Waals surface area contributed by atoms with E-state index < -0.39 is 0 Å². The highest BCUT2D eigenvalue weighted by Gasteiger charge is 2.19. The van der Waals surface area contributed by atoms with Gasteiger partial charge in [-0.3, -0.25) is 14.9 Å². The van der Waals surface area contributed by atoms with E-state index in [4.69, 9.17) is 0 Å². The SMILES string of the molecule is CCCCC(=O)NCNC1CCCCNC1=O. The molecule has 1 fully saturated rings. The Labute approximate surface area is 103 Å². The standard InChI is InChI=1S/C12H23N3O2/c1-2-3-7-11(16)15-9-14-10-6-4-5-8-13-12(10)17/h10,14H,2-9H2,1H3,(H,13,17)(H,15,16). The molecule has 0 spiro atoms. The average molecular weight is 241 g/mol. The van der Waals surface area contributed by atoms with Crippen LogP contribution in [0, 0.1) is 0 Å². The Hall–Kier alpha value is -1.10. The summed E-state index contributed by atoms with van der Waals surface area (Å²) in [4.78, 5) is 22.9. The van der Waals surface area contributed by atoms with E-state index in [1.807, 2.05) is 0 Å². The normalized spacial score (nSPS) is 20.5. The van der Waals surface area contributed by atoms with Gasteiger partial charge in [0.2, 0.25) is 11.8 Å². The minimum atomic E-state index is -0.163. The van der Waals surface area contributed by atoms with E-state index in [2.05, 4.69) is 22.9 Å². The molecule has 5 nitrogen and oxygen atoms in total. The molecule has 0 aromatic rings. The van der Waals surface area contributed by atoms with E-state index in [0.717, 1.165) is 38.6 Å². The predicted molar refractivity (Wildman–Crippen MR) is 66.3 cm³/mol. The zero-order valence-corrected chi connectivity index (χ0v) is 10.6. The van der Waals surface area contributed by atoms with Gasteiger partial charge in [-0.05, 0) is 25.7 Å². The lowest BCUT2D eigenvalue weighted by molar-refractivity contribution is -0.124. The Morgan fingerprint density at radius 2 is 2.29 bits per heavy atom. The largest absolute Gasteiger partial charge is 0.355 e. The van der Waals surface area contributed by atoms with Crippen LogP contribution in [0.1, 0.15) is 45.4 Å². The van der Waals surface area contributed by atoms with Crippen molar-refractivity contribution in [2.45, 2.75) is 51.5 Å². The van der Waals surface area contributed by atoms with Crippen LogP contribution in [0.3, 0.4) is 0 Å². The van der Waals surface area contributed by atoms with Crippen molar-refractivity contribution in [1.29, 1.82) is 0 Å². The molecule has 98 valence electrons. The van der Waals surface area contributed by atoms with Crippen LogP contribution in [0.5, 0.6) is 0 Å². The first kappa shape index (κ1) is 14.0. The van der Waals surface area contributed by atoms with E-state index in [1.165, 1.54) is 0 Å². The number of hydrogen-bond acceptors (Lipinski definition) is 3. The molecular weight excluding hydrogens is 218 g/mol. The van der Waals surface area contributed by atoms with E-state index in [1.54, 1.807) is 0 Å². The minimum absolute atomic E-state index is 0.0466. The Balaban J connectivity index is 2.16. The summed E-state index contributed by atoms with van der Waals surface area (Å²) in [6, 6.07) is -0.163. The molecule has 1 aliphatic heterocycles. The van der Waals surface area contributed by atoms with Crippen molar-refractivity contribution in [2.24, 2.45) is 0 Å². The van der Waals surface area contributed by atoms with Crippen molar-refractivity contribution >= 4 is 11.8 Å². The summed E-state index contributed by atoms with van der Waals surface area (Å²) in [6.45, 7) is 3.20. The molecule has 1 aliphatic rings. The van der Waals surface area contributed by atoms with E-state index in [9.17, 15) is 9.59 Å². The fourth-order valence-electron chi connectivity index (χ4n) is 1.83. The van der Waals surface area contributed by atoms with Gasteiger partial charge in [0.05, 0.1) is 12.7 Å². The fraction of sp³-hybridized carbons (Fsp3) is 0.833. The van der Waals surface area contributed by atoms with Gasteiger partial charge in [-0.15, -0.1) is 0 Å². The van der Waals surface area contributed by atoms with Crippen LogP contribution in [0.15, 0.2) is 0 Å². The van der Waals surface area contributed by atoms with Crippen LogP contribution in [-0.2, 0) is 9.59 Å². The summed E-state index contributed by atoms with van der Waals surface area (Å²) in [6.07, 6.45) is 5.42. The van der Waals surface area contributed by atoms with Gasteiger partial charge in [0.15, 0.2) is 0 Å². The van der Waals surface area contributed by atoms with Gasteiger partial charge in [0, 0.05) is 13.0 Å². The number of carbonyl (C=O) groups is 2. The van der Waals surface area contributed by atoms with Crippen molar-refractivity contribution in [3.63, 3.8) is 0 Å². The molecule has 0 bridgehead atoms. The molecule has 1 rings (SSSR count). The Morgan fingerprint density at radius 1 is 1.47 bits per heavy atom. The lowest BCUT2D eigenvalue weighted by Crippen LogP contribution is -2.47. The van der Waals surface area contributed by atoms with Crippen LogP contribution < -0.4 is 16.0 Å². The maximum Gasteiger partial charge on any atom is 0.237 e. The second-order valence-electron chi connectivity index (χ2n) is 4.42. The highest BCUT2D eigenvalue weighted by Crippen LogP contribution is 2.04. The number of unbranched alkanes of at least 4 members (excludes halogenated alkanes) is 1. The molecule has 1 saturated heterocycles. The van der Waals surface area contributed by atoms with Crippen LogP contribution in [0.25, 0.3) is 0 Å². The predicted octanol–water partition coefficient (Wildman–Crippen LogP) is 0.509. The third-order valence-electron chi connectivity index (χ3n) is 2.93. The maximum absolute atomic E-state index is 11.6. The monoisotopic (exact) mass is 241 g/mol. The lowest BCUT2D eigenvalue weighted by atomic mass is 10.1. The molecule has 5 heteroatoms. The molecule has 3 N–H and O–H groups in total. The molecule has 17 heavy (non-hydrogen) atoms. The number of rotatable bonds is 6. The molecule has 0 aliphatic carbocycles. The topological polar surface area (TPSA) is 70.2 Å². The van der Waals surface area contributed by atoms with Crippen molar-refractivity contribution in [3.8, 4) is 0 Å². The molecule has 1 atom stereocenters. The number of nitrogens with one attached hydrogen (secondary N) is 3. The summed E-state index contributed by atoms with van der Waals surface area (Å²) in [5, 5.41) is 8.70. The molecular formula is C12H23N3O2. The van der Waals surface area contributed by atoms with Gasteiger partial charge in [-0.2, -0.15) is 0 Å². The Bertz CT molecular complexity index is 256. The highest BCUT2D eigenvalue weighted by molar-refractivity contribution is 5.82. The van der Waals surface area contributed by atoms with Crippen molar-refractivity contribution in [1.82, 2.24) is 16.0 Å². The van der Waals surface area contributed by atoms with Crippen LogP contribution >= 0.6 is 0 Å². The molecule has 0 aromatic heterocycles. The van der Waals surface area contributed by atoms with Gasteiger partial charge in [0.25, 0.3) is 0 Å². The van der Waals surface area contributed by atoms with Crippen molar-refractivity contribution in [2.75, 3.05) is 13.2 Å². The number of carbonyl (C=O) groups excluding carboxylic acids is 2. The van der Waals surface area contributed by atoms with E-state index in [0.29, 0.717) is 13.1 Å². The zero-order valence-electron chi connectivity index (χ0n) is 10.6. The zero-order chi connectivity index (χ0) is 12.5. The molecule has 0 aromatic carbocycles. The molecule has 0 radical (unpaired) electrons. The number of hydrogen-bond donors (Lipinski definition) is 3. The van der Waals surface area contributed by atoms with Gasteiger partial charge in [-0.1, -0.05) is 13.3 Å². The maximum atomic E-state index is 11.6. The van der Waals surface area contributed by atoms with Gasteiger partial charge in [0.1, 0.15) is 0 Å². The van der Waals surface area contributed by atoms with Crippen LogP contribution in [0.2, 0.25) is 0 Å². The quantitative estimate of drug-likeness (QED) is 0.593. The second kappa shape index (κ2) is 8.06. The first-order valence-corrected chi connectivity index (χ1v) is 6.52. The minimum Gasteiger partial charge on any atom is -0.355 e. The summed E-state index contributed by atoms with van der Waals surface area (Å²) in [7, 11) is 0. The third kappa shape index (κ3) is 5.68. The highest BCUT2D eigenvalue weighted by atomic mass is 16.2. The summed E-state index contributed by atoms with van der Waals surface area (Å²) in [5.74, 6) is 0.0960. The molecule has 1 unspecified atom stereocenters. The third-order valence-corrected chi connectivity index (χ3v) is 2.93. The van der Waals surface area contributed by atoms with Crippen molar-refractivity contribution in [3.05, 3.63) is 0 Å². The van der Waals surface area contributed by atoms with Crippen LogP contribution in [0.4, 0.5) is 0 Å². The Morgan fingerprint density at radius 3 is 3.06 bits per heavy atom. The van der Waals surface area contributed by atoms with E-state index in [-0.39, 0.29) is 17.9 Å². The van der Waals surface area contributed by atoms with Crippen LogP contribution in [-0.4, -0.2) is 31.1 Å². The Kier molecular flexibility index (Phi) is 6.62. The van der Waals surface area contributed by atoms with E-state index >= 15 is 0 Å². The first-order chi connectivity index (χ1) is 8.24.